The maximum absolute atomic E-state index is 11.8. The van der Waals surface area contributed by atoms with Crippen LogP contribution in [0.25, 0.3) is 0 Å². The third-order valence-corrected chi connectivity index (χ3v) is 7.75. The highest BCUT2D eigenvalue weighted by atomic mass is 16.1. The van der Waals surface area contributed by atoms with E-state index >= 15 is 0 Å². The van der Waals surface area contributed by atoms with Gasteiger partial charge in [-0.3, -0.25) is 9.59 Å². The van der Waals surface area contributed by atoms with E-state index in [1.54, 1.807) is 13.8 Å². The summed E-state index contributed by atoms with van der Waals surface area (Å²) in [4.78, 5) is 23.5. The van der Waals surface area contributed by atoms with Crippen LogP contribution in [0.4, 0.5) is 0 Å². The van der Waals surface area contributed by atoms with Crippen LogP contribution in [0.5, 0.6) is 0 Å². The molecule has 0 spiro atoms. The van der Waals surface area contributed by atoms with Crippen LogP contribution in [0.2, 0.25) is 0 Å². The molecule has 0 N–H and O–H groups in total. The van der Waals surface area contributed by atoms with Crippen molar-refractivity contribution in [1.29, 1.82) is 0 Å². The fraction of sp³-hybridized carbons (Fsp3) is 0.355. The lowest BCUT2D eigenvalue weighted by atomic mass is 9.66. The normalized spacial score (nSPS) is 22.1. The van der Waals surface area contributed by atoms with Gasteiger partial charge in [-0.25, -0.2) is 0 Å². The van der Waals surface area contributed by atoms with E-state index in [0.717, 1.165) is 24.0 Å². The van der Waals surface area contributed by atoms with Gasteiger partial charge in [0.25, 0.3) is 0 Å². The van der Waals surface area contributed by atoms with Crippen molar-refractivity contribution in [3.63, 3.8) is 0 Å². The number of carbonyl (C=O) groups is 2. The van der Waals surface area contributed by atoms with Crippen LogP contribution < -0.4 is 0 Å². The average Bonchev–Trinajstić information content (AvgIpc) is 3.01. The highest BCUT2D eigenvalue weighted by molar-refractivity contribution is 5.94. The molecule has 2 unspecified atom stereocenters. The van der Waals surface area contributed by atoms with Crippen LogP contribution in [0.15, 0.2) is 72.8 Å². The molecule has 2 nitrogen and oxygen atoms in total. The van der Waals surface area contributed by atoms with Crippen molar-refractivity contribution < 1.29 is 9.59 Å². The minimum absolute atomic E-state index is 0.00661. The molecule has 0 heterocycles. The standard InChI is InChI=1S/C31H34O2/c1-21(32)23-11-15-25(16-12-23)29(3,4)19-30(5)20-31(6,28-10-8-7-9-27(28)30)26-17-13-24(14-18-26)22(2)33/h7-18H,19-20H2,1-6H3. The monoisotopic (exact) mass is 438 g/mol. The number of Topliss-reactive ketones (excluding diaryl/α,β-unsaturated/α-hetero) is 2. The van der Waals surface area contributed by atoms with E-state index in [1.807, 2.05) is 24.3 Å². The highest BCUT2D eigenvalue weighted by Gasteiger charge is 2.49. The van der Waals surface area contributed by atoms with E-state index in [0.29, 0.717) is 0 Å². The zero-order valence-electron chi connectivity index (χ0n) is 20.7. The van der Waals surface area contributed by atoms with Gasteiger partial charge in [-0.15, -0.1) is 0 Å². The van der Waals surface area contributed by atoms with E-state index in [-0.39, 0.29) is 27.8 Å². The van der Waals surface area contributed by atoms with Gasteiger partial charge in [0.2, 0.25) is 0 Å². The van der Waals surface area contributed by atoms with Gasteiger partial charge >= 0.3 is 0 Å². The second-order valence-electron chi connectivity index (χ2n) is 10.9. The van der Waals surface area contributed by atoms with E-state index < -0.39 is 0 Å². The molecule has 2 heteroatoms. The molecule has 33 heavy (non-hydrogen) atoms. The Hall–Kier alpha value is -3.00. The van der Waals surface area contributed by atoms with Crippen molar-refractivity contribution in [2.45, 2.75) is 70.6 Å². The summed E-state index contributed by atoms with van der Waals surface area (Å²) >= 11 is 0. The molecule has 170 valence electrons. The molecular weight excluding hydrogens is 404 g/mol. The highest BCUT2D eigenvalue weighted by Crippen LogP contribution is 2.56. The average molecular weight is 439 g/mol. The van der Waals surface area contributed by atoms with Crippen molar-refractivity contribution in [2.24, 2.45) is 0 Å². The largest absolute Gasteiger partial charge is 0.295 e. The van der Waals surface area contributed by atoms with Crippen LogP contribution >= 0.6 is 0 Å². The third-order valence-electron chi connectivity index (χ3n) is 7.75. The molecule has 0 fully saturated rings. The predicted octanol–water partition coefficient (Wildman–Crippen LogP) is 7.43. The van der Waals surface area contributed by atoms with Crippen LogP contribution in [0, 0.1) is 0 Å². The van der Waals surface area contributed by atoms with Crippen LogP contribution in [0.3, 0.4) is 0 Å². The summed E-state index contributed by atoms with van der Waals surface area (Å²) in [6.07, 6.45) is 2.01. The van der Waals surface area contributed by atoms with Crippen molar-refractivity contribution in [3.8, 4) is 0 Å². The lowest BCUT2D eigenvalue weighted by Gasteiger charge is -2.38. The Bertz CT molecular complexity index is 1200. The fourth-order valence-corrected chi connectivity index (χ4v) is 6.18. The lowest BCUT2D eigenvalue weighted by Crippen LogP contribution is -2.32. The van der Waals surface area contributed by atoms with Gasteiger partial charge in [0, 0.05) is 16.5 Å². The quantitative estimate of drug-likeness (QED) is 0.375. The van der Waals surface area contributed by atoms with Gasteiger partial charge < -0.3 is 0 Å². The Balaban J connectivity index is 1.72. The molecule has 4 rings (SSSR count). The van der Waals surface area contributed by atoms with E-state index in [4.69, 9.17) is 0 Å². The number of ketones is 2. The van der Waals surface area contributed by atoms with Crippen molar-refractivity contribution in [1.82, 2.24) is 0 Å². The molecule has 1 aliphatic carbocycles. The number of benzene rings is 3. The Morgan fingerprint density at radius 3 is 1.76 bits per heavy atom. The second kappa shape index (κ2) is 8.09. The Labute approximate surface area is 198 Å². The Kier molecular flexibility index (Phi) is 5.68. The first-order valence-corrected chi connectivity index (χ1v) is 11.8. The van der Waals surface area contributed by atoms with Gasteiger partial charge in [0.05, 0.1) is 0 Å². The molecule has 0 bridgehead atoms. The molecule has 3 aromatic carbocycles. The molecule has 3 aromatic rings. The number of carbonyl (C=O) groups excluding carboxylic acids is 2. The molecule has 0 aliphatic heterocycles. The number of rotatable bonds is 6. The first-order chi connectivity index (χ1) is 15.5. The number of hydrogen-bond donors (Lipinski definition) is 0. The molecule has 0 aromatic heterocycles. The predicted molar refractivity (Wildman–Crippen MR) is 135 cm³/mol. The number of fused-ring (bicyclic) bond motifs is 1. The summed E-state index contributed by atoms with van der Waals surface area (Å²) < 4.78 is 0. The van der Waals surface area contributed by atoms with Crippen LogP contribution in [-0.2, 0) is 16.2 Å². The first kappa shape index (κ1) is 23.2. The lowest BCUT2D eigenvalue weighted by molar-refractivity contribution is 0.100. The van der Waals surface area contributed by atoms with Crippen LogP contribution in [0.1, 0.15) is 97.4 Å². The minimum atomic E-state index is -0.116. The minimum Gasteiger partial charge on any atom is -0.295 e. The van der Waals surface area contributed by atoms with Crippen LogP contribution in [-0.4, -0.2) is 11.6 Å². The molecule has 0 radical (unpaired) electrons. The molecule has 0 amide bonds. The maximum atomic E-state index is 11.8. The molecule has 0 saturated heterocycles. The summed E-state index contributed by atoms with van der Waals surface area (Å²) in [5, 5.41) is 0. The summed E-state index contributed by atoms with van der Waals surface area (Å²) in [5.41, 5.74) is 6.64. The topological polar surface area (TPSA) is 34.1 Å². The smallest absolute Gasteiger partial charge is 0.159 e. The zero-order valence-corrected chi connectivity index (χ0v) is 20.7. The van der Waals surface area contributed by atoms with E-state index in [9.17, 15) is 9.59 Å². The Morgan fingerprint density at radius 2 is 1.24 bits per heavy atom. The molecule has 0 saturated carbocycles. The molecule has 2 atom stereocenters. The maximum Gasteiger partial charge on any atom is 0.159 e. The molecule has 1 aliphatic rings. The van der Waals surface area contributed by atoms with Crippen molar-refractivity contribution >= 4 is 11.6 Å². The number of hydrogen-bond acceptors (Lipinski definition) is 2. The van der Waals surface area contributed by atoms with Gasteiger partial charge in [-0.05, 0) is 59.8 Å². The summed E-state index contributed by atoms with van der Waals surface area (Å²) in [7, 11) is 0. The van der Waals surface area contributed by atoms with Gasteiger partial charge in [-0.1, -0.05) is 100 Å². The second-order valence-corrected chi connectivity index (χ2v) is 10.9. The van der Waals surface area contributed by atoms with Gasteiger partial charge in [0.15, 0.2) is 11.6 Å². The fourth-order valence-electron chi connectivity index (χ4n) is 6.18. The third kappa shape index (κ3) is 4.08. The van der Waals surface area contributed by atoms with Crippen molar-refractivity contribution in [3.05, 3.63) is 106 Å². The summed E-state index contributed by atoms with van der Waals surface area (Å²) in [5.74, 6) is 0.198. The zero-order chi connectivity index (χ0) is 24.0. The first-order valence-electron chi connectivity index (χ1n) is 11.8. The summed E-state index contributed by atoms with van der Waals surface area (Å²) in [6.45, 7) is 12.6. The van der Waals surface area contributed by atoms with E-state index in [1.165, 1.54) is 22.3 Å². The molecular formula is C31H34O2. The van der Waals surface area contributed by atoms with Gasteiger partial charge in [-0.2, -0.15) is 0 Å². The SMILES string of the molecule is CC(=O)c1ccc(C(C)(C)CC2(C)CC(C)(c3ccc(C(C)=O)cc3)c3ccccc32)cc1. The van der Waals surface area contributed by atoms with Gasteiger partial charge in [0.1, 0.15) is 0 Å². The summed E-state index contributed by atoms with van der Waals surface area (Å²) in [6, 6.07) is 25.2. The van der Waals surface area contributed by atoms with Crippen molar-refractivity contribution in [2.75, 3.05) is 0 Å². The Morgan fingerprint density at radius 1 is 0.758 bits per heavy atom. The van der Waals surface area contributed by atoms with E-state index in [2.05, 4.69) is 76.2 Å².